The summed E-state index contributed by atoms with van der Waals surface area (Å²) in [4.78, 5) is 0. The molecule has 0 saturated carbocycles. The molecule has 5 heteroatoms. The third kappa shape index (κ3) is 9.91. The first-order valence-corrected chi connectivity index (χ1v) is 10.8. The number of hydrogen-bond donors (Lipinski definition) is 1. The predicted molar refractivity (Wildman–Crippen MR) is 103 cm³/mol. The summed E-state index contributed by atoms with van der Waals surface area (Å²) in [7, 11) is -0.137. The second-order valence-corrected chi connectivity index (χ2v) is 7.92. The Morgan fingerprint density at radius 2 is 1.42 bits per heavy atom. The molecular formula is C19H27ClO3S. The Labute approximate surface area is 150 Å². The van der Waals surface area contributed by atoms with Gasteiger partial charge in [-0.25, -0.2) is 0 Å². The Balaban J connectivity index is 0.000000505. The molecule has 0 aliphatic carbocycles. The Bertz CT molecular complexity index is 685. The van der Waals surface area contributed by atoms with E-state index in [0.29, 0.717) is 0 Å². The van der Waals surface area contributed by atoms with E-state index in [1.54, 1.807) is 0 Å². The molecule has 0 bridgehead atoms. The van der Waals surface area contributed by atoms with E-state index in [2.05, 4.69) is 60.1 Å². The average molecular weight is 371 g/mol. The molecule has 1 N–H and O–H groups in total. The second kappa shape index (κ2) is 11.5. The van der Waals surface area contributed by atoms with Crippen molar-refractivity contribution in [2.24, 2.45) is 0 Å². The van der Waals surface area contributed by atoms with Crippen LogP contribution in [-0.4, -0.2) is 13.0 Å². The van der Waals surface area contributed by atoms with Gasteiger partial charge in [-0.2, -0.15) is 8.42 Å². The second-order valence-electron chi connectivity index (χ2n) is 5.92. The van der Waals surface area contributed by atoms with Gasteiger partial charge < -0.3 is 0 Å². The summed E-state index contributed by atoms with van der Waals surface area (Å²) in [5, 5.41) is 2.82. The van der Waals surface area contributed by atoms with E-state index >= 15 is 0 Å². The average Bonchev–Trinajstić information content (AvgIpc) is 2.52. The molecule has 24 heavy (non-hydrogen) atoms. The van der Waals surface area contributed by atoms with Crippen LogP contribution in [0, 0.1) is 0 Å². The summed E-state index contributed by atoms with van der Waals surface area (Å²) in [6.07, 6.45) is 10.9. The fraction of sp³-hybridized carbons (Fsp3) is 0.474. The number of unbranched alkanes of at least 4 members (excludes halogenated alkanes) is 6. The van der Waals surface area contributed by atoms with E-state index in [4.69, 9.17) is 13.0 Å². The van der Waals surface area contributed by atoms with Crippen molar-refractivity contribution in [3.05, 3.63) is 48.0 Å². The summed E-state index contributed by atoms with van der Waals surface area (Å²) in [6.45, 7) is 2.28. The van der Waals surface area contributed by atoms with Crippen LogP contribution in [0.3, 0.4) is 0 Å². The maximum Gasteiger partial charge on any atom is 0.353 e. The van der Waals surface area contributed by atoms with E-state index in [9.17, 15) is 0 Å². The van der Waals surface area contributed by atoms with Crippen LogP contribution in [0.4, 0.5) is 0 Å². The SMILES string of the molecule is CCCCCCCCCc1cccc2ccccc12.O=S(=O)(O)Cl. The molecule has 0 fully saturated rings. The van der Waals surface area contributed by atoms with Gasteiger partial charge in [-0.1, -0.05) is 87.9 Å². The zero-order valence-electron chi connectivity index (χ0n) is 14.2. The van der Waals surface area contributed by atoms with Gasteiger partial charge in [0, 0.05) is 10.7 Å². The van der Waals surface area contributed by atoms with Gasteiger partial charge in [0.25, 0.3) is 0 Å². The first-order chi connectivity index (χ1) is 11.4. The van der Waals surface area contributed by atoms with Crippen LogP contribution in [0.2, 0.25) is 0 Å². The van der Waals surface area contributed by atoms with Crippen LogP contribution in [-0.2, 0) is 15.8 Å². The molecule has 0 amide bonds. The summed E-state index contributed by atoms with van der Waals surface area (Å²) < 4.78 is 25.2. The van der Waals surface area contributed by atoms with Gasteiger partial charge in [0.1, 0.15) is 0 Å². The quantitative estimate of drug-likeness (QED) is 0.344. The molecule has 2 aromatic rings. The first kappa shape index (κ1) is 20.9. The van der Waals surface area contributed by atoms with Crippen LogP contribution >= 0.6 is 10.7 Å². The molecule has 0 aliphatic heterocycles. The maximum atomic E-state index is 8.95. The molecule has 0 spiro atoms. The van der Waals surface area contributed by atoms with Crippen molar-refractivity contribution < 1.29 is 13.0 Å². The number of benzene rings is 2. The largest absolute Gasteiger partial charge is 0.353 e. The highest BCUT2D eigenvalue weighted by atomic mass is 35.7. The first-order valence-electron chi connectivity index (χ1n) is 8.55. The minimum Gasteiger partial charge on any atom is -0.273 e. The summed E-state index contributed by atoms with van der Waals surface area (Å²) in [6, 6.07) is 15.4. The molecule has 2 aromatic carbocycles. The topological polar surface area (TPSA) is 54.4 Å². The molecule has 0 heterocycles. The van der Waals surface area contributed by atoms with Gasteiger partial charge in [0.05, 0.1) is 0 Å². The normalized spacial score (nSPS) is 11.1. The molecule has 134 valence electrons. The number of fused-ring (bicyclic) bond motifs is 1. The summed E-state index contributed by atoms with van der Waals surface area (Å²) in [5.41, 5.74) is 1.52. The van der Waals surface area contributed by atoms with E-state index in [0.717, 1.165) is 0 Å². The van der Waals surface area contributed by atoms with Gasteiger partial charge in [0.15, 0.2) is 0 Å². The van der Waals surface area contributed by atoms with Crippen molar-refractivity contribution in [2.75, 3.05) is 0 Å². The molecule has 3 nitrogen and oxygen atoms in total. The van der Waals surface area contributed by atoms with Crippen LogP contribution in [0.1, 0.15) is 57.4 Å². The highest BCUT2D eigenvalue weighted by molar-refractivity contribution is 8.09. The Morgan fingerprint density at radius 1 is 0.875 bits per heavy atom. The summed E-state index contributed by atoms with van der Waals surface area (Å²) >= 11 is 0. The zero-order valence-corrected chi connectivity index (χ0v) is 15.8. The van der Waals surface area contributed by atoms with E-state index in [-0.39, 0.29) is 0 Å². The van der Waals surface area contributed by atoms with E-state index in [1.807, 2.05) is 0 Å². The Morgan fingerprint density at radius 3 is 2.08 bits per heavy atom. The third-order valence-corrected chi connectivity index (χ3v) is 3.93. The monoisotopic (exact) mass is 370 g/mol. The van der Waals surface area contributed by atoms with Gasteiger partial charge in [0.2, 0.25) is 0 Å². The molecule has 0 atom stereocenters. The molecule has 0 radical (unpaired) electrons. The van der Waals surface area contributed by atoms with Gasteiger partial charge in [-0.15, -0.1) is 0 Å². The standard InChI is InChI=1S/C19H26.ClHO3S/c1-2-3-4-5-6-7-8-12-17-14-11-15-18-13-9-10-16-19(17)18;1-5(2,3)4/h9-11,13-16H,2-8,12H2,1H3;(H,2,3,4). The van der Waals surface area contributed by atoms with Gasteiger partial charge in [-0.05, 0) is 29.2 Å². The fourth-order valence-electron chi connectivity index (χ4n) is 2.78. The lowest BCUT2D eigenvalue weighted by Crippen LogP contribution is -1.88. The molecular weight excluding hydrogens is 344 g/mol. The molecule has 2 rings (SSSR count). The van der Waals surface area contributed by atoms with Crippen molar-refractivity contribution in [2.45, 2.75) is 58.3 Å². The molecule has 0 unspecified atom stereocenters. The van der Waals surface area contributed by atoms with E-state index in [1.165, 1.54) is 67.7 Å². The number of halogens is 1. The van der Waals surface area contributed by atoms with Crippen molar-refractivity contribution in [3.8, 4) is 0 Å². The molecule has 0 aromatic heterocycles. The highest BCUT2D eigenvalue weighted by Crippen LogP contribution is 2.20. The van der Waals surface area contributed by atoms with Crippen LogP contribution < -0.4 is 0 Å². The predicted octanol–water partition coefficient (Wildman–Crippen LogP) is 6.16. The molecule has 0 saturated heterocycles. The van der Waals surface area contributed by atoms with Crippen LogP contribution in [0.5, 0.6) is 0 Å². The fourth-order valence-corrected chi connectivity index (χ4v) is 2.78. The lowest BCUT2D eigenvalue weighted by Gasteiger charge is -2.06. The van der Waals surface area contributed by atoms with Crippen molar-refractivity contribution >= 4 is 30.8 Å². The van der Waals surface area contributed by atoms with Crippen molar-refractivity contribution in [1.82, 2.24) is 0 Å². The smallest absolute Gasteiger partial charge is 0.273 e. The Hall–Kier alpha value is -1.10. The van der Waals surface area contributed by atoms with Gasteiger partial charge >= 0.3 is 9.33 Å². The number of aryl methyl sites for hydroxylation is 1. The van der Waals surface area contributed by atoms with Crippen LogP contribution in [0.25, 0.3) is 10.8 Å². The third-order valence-electron chi connectivity index (χ3n) is 3.93. The van der Waals surface area contributed by atoms with Crippen molar-refractivity contribution in [3.63, 3.8) is 0 Å². The number of rotatable bonds is 8. The Kier molecular flexibility index (Phi) is 9.99. The van der Waals surface area contributed by atoms with Gasteiger partial charge in [-0.3, -0.25) is 4.55 Å². The molecule has 0 aliphatic rings. The number of hydrogen-bond acceptors (Lipinski definition) is 2. The highest BCUT2D eigenvalue weighted by Gasteiger charge is 2.00. The van der Waals surface area contributed by atoms with Crippen LogP contribution in [0.15, 0.2) is 42.5 Å². The summed E-state index contributed by atoms with van der Waals surface area (Å²) in [5.74, 6) is 0. The minimum absolute atomic E-state index is 1.23. The lowest BCUT2D eigenvalue weighted by atomic mass is 9.99. The maximum absolute atomic E-state index is 8.95. The van der Waals surface area contributed by atoms with Crippen molar-refractivity contribution in [1.29, 1.82) is 0 Å². The lowest BCUT2D eigenvalue weighted by molar-refractivity contribution is 0.501. The zero-order chi connectivity index (χ0) is 17.8. The van der Waals surface area contributed by atoms with E-state index < -0.39 is 9.33 Å². The minimum atomic E-state index is -4.19.